The molecular formula is C14H27N5O. The molecule has 0 radical (unpaired) electrons. The summed E-state index contributed by atoms with van der Waals surface area (Å²) in [5.41, 5.74) is 0.982. The van der Waals surface area contributed by atoms with Crippen molar-refractivity contribution in [1.82, 2.24) is 20.7 Å². The average molecular weight is 281 g/mol. The molecule has 0 atom stereocenters. The molecule has 6 heteroatoms. The summed E-state index contributed by atoms with van der Waals surface area (Å²) in [6.45, 7) is 6.74. The van der Waals surface area contributed by atoms with Crippen LogP contribution in [0.4, 0.5) is 0 Å². The van der Waals surface area contributed by atoms with Gasteiger partial charge in [-0.3, -0.25) is 4.99 Å². The first-order valence-electron chi connectivity index (χ1n) is 7.07. The predicted molar refractivity (Wildman–Crippen MR) is 82.0 cm³/mol. The Labute approximate surface area is 121 Å². The van der Waals surface area contributed by atoms with Gasteiger partial charge in [-0.2, -0.15) is 0 Å². The van der Waals surface area contributed by atoms with Crippen LogP contribution in [0.2, 0.25) is 0 Å². The lowest BCUT2D eigenvalue weighted by Crippen LogP contribution is -2.37. The van der Waals surface area contributed by atoms with Gasteiger partial charge >= 0.3 is 0 Å². The smallest absolute Gasteiger partial charge is 0.191 e. The lowest BCUT2D eigenvalue weighted by molar-refractivity contribution is 0.371. The molecule has 0 aliphatic rings. The van der Waals surface area contributed by atoms with Gasteiger partial charge in [-0.15, -0.1) is 0 Å². The maximum atomic E-state index is 5.28. The minimum Gasteiger partial charge on any atom is -0.359 e. The molecule has 0 bridgehead atoms. The van der Waals surface area contributed by atoms with Gasteiger partial charge in [-0.05, 0) is 33.0 Å². The van der Waals surface area contributed by atoms with Gasteiger partial charge in [0.25, 0.3) is 0 Å². The fourth-order valence-electron chi connectivity index (χ4n) is 1.68. The van der Waals surface area contributed by atoms with E-state index in [0.29, 0.717) is 12.5 Å². The SMILES string of the molecule is CN=C(NCCCN(C)C)NCc1cc(C(C)C)no1. The quantitative estimate of drug-likeness (QED) is 0.449. The summed E-state index contributed by atoms with van der Waals surface area (Å²) in [6.07, 6.45) is 1.08. The Hall–Kier alpha value is -1.56. The fourth-order valence-corrected chi connectivity index (χ4v) is 1.68. The Morgan fingerprint density at radius 2 is 2.15 bits per heavy atom. The number of hydrogen-bond donors (Lipinski definition) is 2. The molecule has 1 heterocycles. The number of guanidine groups is 1. The minimum absolute atomic E-state index is 0.385. The second kappa shape index (κ2) is 8.58. The first-order valence-corrected chi connectivity index (χ1v) is 7.07. The molecule has 0 aliphatic carbocycles. The maximum Gasteiger partial charge on any atom is 0.191 e. The number of nitrogens with one attached hydrogen (secondary N) is 2. The van der Waals surface area contributed by atoms with E-state index >= 15 is 0 Å². The molecule has 0 amide bonds. The lowest BCUT2D eigenvalue weighted by Gasteiger charge is -2.12. The monoisotopic (exact) mass is 281 g/mol. The van der Waals surface area contributed by atoms with Gasteiger partial charge in [-0.1, -0.05) is 19.0 Å². The molecule has 114 valence electrons. The average Bonchev–Trinajstić information content (AvgIpc) is 2.86. The highest BCUT2D eigenvalue weighted by Gasteiger charge is 2.07. The third kappa shape index (κ3) is 6.06. The zero-order valence-corrected chi connectivity index (χ0v) is 13.2. The van der Waals surface area contributed by atoms with Crippen LogP contribution >= 0.6 is 0 Å². The van der Waals surface area contributed by atoms with Gasteiger partial charge < -0.3 is 20.1 Å². The van der Waals surface area contributed by atoms with E-state index in [1.165, 1.54) is 0 Å². The molecular weight excluding hydrogens is 254 g/mol. The molecule has 1 rings (SSSR count). The van der Waals surface area contributed by atoms with E-state index in [4.69, 9.17) is 4.52 Å². The summed E-state index contributed by atoms with van der Waals surface area (Å²) in [4.78, 5) is 6.35. The Kier molecular flexibility index (Phi) is 7.08. The Morgan fingerprint density at radius 1 is 1.40 bits per heavy atom. The molecule has 0 fully saturated rings. The van der Waals surface area contributed by atoms with Crippen LogP contribution in [-0.4, -0.2) is 50.2 Å². The van der Waals surface area contributed by atoms with E-state index in [1.54, 1.807) is 7.05 Å². The largest absolute Gasteiger partial charge is 0.359 e. The minimum atomic E-state index is 0.385. The summed E-state index contributed by atoms with van der Waals surface area (Å²) >= 11 is 0. The maximum absolute atomic E-state index is 5.28. The summed E-state index contributed by atoms with van der Waals surface area (Å²) in [6, 6.07) is 1.98. The molecule has 0 aliphatic heterocycles. The normalized spacial score (nSPS) is 12.2. The van der Waals surface area contributed by atoms with Crippen molar-refractivity contribution >= 4 is 5.96 Å². The molecule has 0 spiro atoms. The van der Waals surface area contributed by atoms with Crippen LogP contribution < -0.4 is 10.6 Å². The summed E-state index contributed by atoms with van der Waals surface area (Å²) in [5, 5.41) is 10.5. The van der Waals surface area contributed by atoms with Crippen LogP contribution in [-0.2, 0) is 6.54 Å². The molecule has 2 N–H and O–H groups in total. The molecule has 0 saturated carbocycles. The topological polar surface area (TPSA) is 65.7 Å². The van der Waals surface area contributed by atoms with Crippen LogP contribution in [0.15, 0.2) is 15.6 Å². The number of rotatable bonds is 7. The van der Waals surface area contributed by atoms with Gasteiger partial charge in [0.1, 0.15) is 0 Å². The van der Waals surface area contributed by atoms with E-state index in [0.717, 1.165) is 36.9 Å². The molecule has 0 aromatic carbocycles. The van der Waals surface area contributed by atoms with Crippen molar-refractivity contribution in [3.8, 4) is 0 Å². The molecule has 6 nitrogen and oxygen atoms in total. The van der Waals surface area contributed by atoms with Crippen molar-refractivity contribution < 1.29 is 4.52 Å². The second-order valence-corrected chi connectivity index (χ2v) is 5.38. The highest BCUT2D eigenvalue weighted by molar-refractivity contribution is 5.79. The molecule has 20 heavy (non-hydrogen) atoms. The van der Waals surface area contributed by atoms with Crippen molar-refractivity contribution in [2.24, 2.45) is 4.99 Å². The molecule has 0 unspecified atom stereocenters. The van der Waals surface area contributed by atoms with Gasteiger partial charge in [0.2, 0.25) is 0 Å². The second-order valence-electron chi connectivity index (χ2n) is 5.38. The Morgan fingerprint density at radius 3 is 2.70 bits per heavy atom. The Bertz CT molecular complexity index is 411. The molecule has 1 aromatic rings. The number of hydrogen-bond acceptors (Lipinski definition) is 4. The highest BCUT2D eigenvalue weighted by atomic mass is 16.5. The van der Waals surface area contributed by atoms with Crippen LogP contribution in [0, 0.1) is 0 Å². The van der Waals surface area contributed by atoms with Crippen LogP contribution in [0.5, 0.6) is 0 Å². The third-order valence-electron chi connectivity index (χ3n) is 2.90. The van der Waals surface area contributed by atoms with Crippen LogP contribution in [0.3, 0.4) is 0 Å². The van der Waals surface area contributed by atoms with Gasteiger partial charge in [-0.25, -0.2) is 0 Å². The van der Waals surface area contributed by atoms with Crippen molar-refractivity contribution in [3.05, 3.63) is 17.5 Å². The van der Waals surface area contributed by atoms with Gasteiger partial charge in [0.05, 0.1) is 12.2 Å². The van der Waals surface area contributed by atoms with E-state index in [9.17, 15) is 0 Å². The lowest BCUT2D eigenvalue weighted by atomic mass is 10.1. The first kappa shape index (κ1) is 16.5. The summed E-state index contributed by atoms with van der Waals surface area (Å²) in [7, 11) is 5.91. The standard InChI is InChI=1S/C14H27N5O/c1-11(2)13-9-12(20-18-13)10-17-14(15-3)16-7-6-8-19(4)5/h9,11H,6-8,10H2,1-5H3,(H2,15,16,17). The summed E-state index contributed by atoms with van der Waals surface area (Å²) in [5.74, 6) is 1.99. The number of nitrogens with zero attached hydrogens (tertiary/aromatic N) is 3. The van der Waals surface area contributed by atoms with E-state index in [-0.39, 0.29) is 0 Å². The van der Waals surface area contributed by atoms with Crippen LogP contribution in [0.1, 0.15) is 37.6 Å². The van der Waals surface area contributed by atoms with Crippen molar-refractivity contribution in [2.45, 2.75) is 32.7 Å². The van der Waals surface area contributed by atoms with Gasteiger partial charge in [0, 0.05) is 19.7 Å². The fraction of sp³-hybridized carbons (Fsp3) is 0.714. The van der Waals surface area contributed by atoms with E-state index in [2.05, 4.69) is 53.6 Å². The number of aromatic nitrogens is 1. The zero-order chi connectivity index (χ0) is 15.0. The van der Waals surface area contributed by atoms with Crippen molar-refractivity contribution in [2.75, 3.05) is 34.2 Å². The summed E-state index contributed by atoms with van der Waals surface area (Å²) < 4.78 is 5.28. The molecule has 1 aromatic heterocycles. The first-order chi connectivity index (χ1) is 9.52. The van der Waals surface area contributed by atoms with Gasteiger partial charge in [0.15, 0.2) is 11.7 Å². The van der Waals surface area contributed by atoms with Crippen molar-refractivity contribution in [3.63, 3.8) is 0 Å². The highest BCUT2D eigenvalue weighted by Crippen LogP contribution is 2.13. The van der Waals surface area contributed by atoms with Crippen LogP contribution in [0.25, 0.3) is 0 Å². The third-order valence-corrected chi connectivity index (χ3v) is 2.90. The van der Waals surface area contributed by atoms with E-state index < -0.39 is 0 Å². The molecule has 0 saturated heterocycles. The van der Waals surface area contributed by atoms with Crippen molar-refractivity contribution in [1.29, 1.82) is 0 Å². The Balaban J connectivity index is 2.30. The number of aliphatic imine (C=N–C) groups is 1. The predicted octanol–water partition coefficient (Wildman–Crippen LogP) is 1.41. The zero-order valence-electron chi connectivity index (χ0n) is 13.2. The van der Waals surface area contributed by atoms with E-state index in [1.807, 2.05) is 6.07 Å².